The van der Waals surface area contributed by atoms with Gasteiger partial charge in [-0.3, -0.25) is 23.7 Å². The third-order valence-corrected chi connectivity index (χ3v) is 8.73. The van der Waals surface area contributed by atoms with Gasteiger partial charge < -0.3 is 4.74 Å². The summed E-state index contributed by atoms with van der Waals surface area (Å²) in [5.41, 5.74) is -0.211. The van der Waals surface area contributed by atoms with E-state index in [2.05, 4.69) is 15.9 Å². The molecule has 0 aliphatic carbocycles. The number of nitrogens with zero attached hydrogens (tertiary/aromatic N) is 2. The molecule has 0 bridgehead atoms. The van der Waals surface area contributed by atoms with Crippen molar-refractivity contribution >= 4 is 62.5 Å². The number of aromatic nitrogens is 1. The van der Waals surface area contributed by atoms with Gasteiger partial charge in [0, 0.05) is 14.8 Å². The van der Waals surface area contributed by atoms with E-state index in [0.29, 0.717) is 10.7 Å². The average molecular weight is 511 g/mol. The summed E-state index contributed by atoms with van der Waals surface area (Å²) in [5, 5.41) is -0.0887. The van der Waals surface area contributed by atoms with E-state index >= 15 is 0 Å². The zero-order chi connectivity index (χ0) is 21.8. The Morgan fingerprint density at radius 1 is 1.17 bits per heavy atom. The van der Waals surface area contributed by atoms with Crippen molar-refractivity contribution in [2.45, 2.75) is 43.0 Å². The molecule has 2 aromatic rings. The Morgan fingerprint density at radius 2 is 1.83 bits per heavy atom. The molecule has 3 heterocycles. The molecule has 0 radical (unpaired) electrons. The first-order valence-electron chi connectivity index (χ1n) is 9.36. The number of rotatable bonds is 4. The number of imide groups is 1. The Balaban J connectivity index is 1.75. The van der Waals surface area contributed by atoms with Gasteiger partial charge in [-0.1, -0.05) is 52.9 Å². The van der Waals surface area contributed by atoms with Crippen LogP contribution in [0.3, 0.4) is 0 Å². The van der Waals surface area contributed by atoms with Gasteiger partial charge in [0.25, 0.3) is 0 Å². The molecule has 2 unspecified atom stereocenters. The molecule has 7 nitrogen and oxygen atoms in total. The Morgan fingerprint density at radius 3 is 2.47 bits per heavy atom. The molecule has 10 heteroatoms. The standard InChI is InChI=1S/C20H19BrN2O5S2/c1-4-28-12(24)9-22-18-15(30-19(22)27)20(2,3)13-14(29-18)17(26)23(16(13)25)11-7-5-10(21)6-8-11/h5-8,13-14H,4,9H2,1-3H3. The first kappa shape index (κ1) is 21.3. The number of halogens is 1. The normalized spacial score (nSPS) is 22.1. The third kappa shape index (κ3) is 3.25. The van der Waals surface area contributed by atoms with E-state index in [9.17, 15) is 19.2 Å². The maximum Gasteiger partial charge on any atom is 0.326 e. The van der Waals surface area contributed by atoms with Gasteiger partial charge in [0.05, 0.1) is 23.2 Å². The summed E-state index contributed by atoms with van der Waals surface area (Å²) >= 11 is 5.58. The molecule has 4 rings (SSSR count). The molecule has 2 amide bonds. The highest BCUT2D eigenvalue weighted by molar-refractivity contribution is 9.10. The van der Waals surface area contributed by atoms with E-state index in [-0.39, 0.29) is 29.8 Å². The lowest BCUT2D eigenvalue weighted by Gasteiger charge is -2.36. The number of hydrogen-bond acceptors (Lipinski definition) is 7. The monoisotopic (exact) mass is 510 g/mol. The van der Waals surface area contributed by atoms with Gasteiger partial charge in [-0.05, 0) is 31.2 Å². The number of benzene rings is 1. The second-order valence-electron chi connectivity index (χ2n) is 7.62. The van der Waals surface area contributed by atoms with E-state index in [4.69, 9.17) is 4.74 Å². The molecular formula is C20H19BrN2O5S2. The predicted molar refractivity (Wildman–Crippen MR) is 118 cm³/mol. The minimum absolute atomic E-state index is 0.211. The molecule has 2 aliphatic rings. The summed E-state index contributed by atoms with van der Waals surface area (Å²) in [6.45, 7) is 5.47. The molecule has 1 aromatic heterocycles. The van der Waals surface area contributed by atoms with Gasteiger partial charge in [0.2, 0.25) is 11.8 Å². The summed E-state index contributed by atoms with van der Waals surface area (Å²) in [6.07, 6.45) is 0. The van der Waals surface area contributed by atoms with Crippen LogP contribution < -0.4 is 9.77 Å². The van der Waals surface area contributed by atoms with Crippen molar-refractivity contribution < 1.29 is 19.1 Å². The molecule has 0 spiro atoms. The lowest BCUT2D eigenvalue weighted by molar-refractivity contribution is -0.144. The number of thiazole rings is 1. The van der Waals surface area contributed by atoms with Crippen LogP contribution in [0.4, 0.5) is 5.69 Å². The van der Waals surface area contributed by atoms with Crippen LogP contribution in [-0.4, -0.2) is 34.2 Å². The van der Waals surface area contributed by atoms with Crippen molar-refractivity contribution in [2.24, 2.45) is 5.92 Å². The summed E-state index contributed by atoms with van der Waals surface area (Å²) in [5.74, 6) is -1.68. The van der Waals surface area contributed by atoms with Crippen LogP contribution in [0.15, 0.2) is 38.6 Å². The van der Waals surface area contributed by atoms with Crippen molar-refractivity contribution in [3.8, 4) is 0 Å². The highest BCUT2D eigenvalue weighted by Gasteiger charge is 2.59. The molecule has 0 saturated carbocycles. The van der Waals surface area contributed by atoms with Crippen LogP contribution in [-0.2, 0) is 31.1 Å². The number of anilines is 1. The fraction of sp³-hybridized carbons (Fsp3) is 0.400. The second kappa shape index (κ2) is 7.65. The quantitative estimate of drug-likeness (QED) is 0.463. The number of amides is 2. The topological polar surface area (TPSA) is 85.7 Å². The van der Waals surface area contributed by atoms with Crippen LogP contribution in [0.5, 0.6) is 0 Å². The van der Waals surface area contributed by atoms with Gasteiger partial charge in [-0.25, -0.2) is 4.90 Å². The molecule has 1 saturated heterocycles. The van der Waals surface area contributed by atoms with Gasteiger partial charge in [0.15, 0.2) is 0 Å². The zero-order valence-electron chi connectivity index (χ0n) is 16.5. The minimum Gasteiger partial charge on any atom is -0.465 e. The van der Waals surface area contributed by atoms with Gasteiger partial charge >= 0.3 is 10.8 Å². The van der Waals surface area contributed by atoms with Crippen molar-refractivity contribution in [1.82, 2.24) is 4.57 Å². The second-order valence-corrected chi connectivity index (χ2v) is 10.6. The summed E-state index contributed by atoms with van der Waals surface area (Å²) in [4.78, 5) is 52.9. The smallest absolute Gasteiger partial charge is 0.326 e. The van der Waals surface area contributed by atoms with Crippen LogP contribution in [0.2, 0.25) is 0 Å². The number of carbonyl (C=O) groups is 3. The van der Waals surface area contributed by atoms with Crippen LogP contribution >= 0.6 is 39.0 Å². The van der Waals surface area contributed by atoms with Crippen molar-refractivity contribution in [3.63, 3.8) is 0 Å². The molecule has 1 fully saturated rings. The molecule has 2 aliphatic heterocycles. The molecule has 158 valence electrons. The predicted octanol–water partition coefficient (Wildman–Crippen LogP) is 3.18. The van der Waals surface area contributed by atoms with Crippen LogP contribution in [0, 0.1) is 5.92 Å². The fourth-order valence-corrected chi connectivity index (χ4v) is 7.25. The fourth-order valence-electron chi connectivity index (χ4n) is 3.95. The Bertz CT molecular complexity index is 1110. The first-order valence-corrected chi connectivity index (χ1v) is 11.9. The molecule has 30 heavy (non-hydrogen) atoms. The minimum atomic E-state index is -0.730. The van der Waals surface area contributed by atoms with Crippen molar-refractivity contribution in [3.05, 3.63) is 43.3 Å². The number of esters is 1. The maximum absolute atomic E-state index is 13.3. The summed E-state index contributed by atoms with van der Waals surface area (Å²) < 4.78 is 7.20. The lowest BCUT2D eigenvalue weighted by atomic mass is 9.76. The van der Waals surface area contributed by atoms with Gasteiger partial charge in [-0.2, -0.15) is 0 Å². The van der Waals surface area contributed by atoms with Gasteiger partial charge in [-0.15, -0.1) is 0 Å². The number of ether oxygens (including phenoxy) is 1. The Labute approximate surface area is 189 Å². The van der Waals surface area contributed by atoms with E-state index < -0.39 is 22.6 Å². The first-order chi connectivity index (χ1) is 14.2. The SMILES string of the molecule is CCOC(=O)Cn1c2c(sc1=O)C(C)(C)C1C(=O)N(c3ccc(Br)cc3)C(=O)C1S2. The third-order valence-electron chi connectivity index (χ3n) is 5.38. The molecular weight excluding hydrogens is 492 g/mol. The molecule has 0 N–H and O–H groups in total. The average Bonchev–Trinajstić information content (AvgIpc) is 3.12. The molecule has 1 aromatic carbocycles. The highest BCUT2D eigenvalue weighted by atomic mass is 79.9. The zero-order valence-corrected chi connectivity index (χ0v) is 19.7. The van der Waals surface area contributed by atoms with Crippen LogP contribution in [0.25, 0.3) is 0 Å². The van der Waals surface area contributed by atoms with Crippen LogP contribution in [0.1, 0.15) is 25.6 Å². The number of carbonyl (C=O) groups excluding carboxylic acids is 3. The molecule has 2 atom stereocenters. The van der Waals surface area contributed by atoms with E-state index in [1.807, 2.05) is 13.8 Å². The number of hydrogen-bond donors (Lipinski definition) is 0. The largest absolute Gasteiger partial charge is 0.465 e. The Hall–Kier alpha value is -1.91. The van der Waals surface area contributed by atoms with E-state index in [1.54, 1.807) is 31.2 Å². The number of thioether (sulfide) groups is 1. The van der Waals surface area contributed by atoms with Gasteiger partial charge in [0.1, 0.15) is 11.8 Å². The highest BCUT2D eigenvalue weighted by Crippen LogP contribution is 2.54. The number of fused-ring (bicyclic) bond motifs is 2. The maximum atomic E-state index is 13.3. The summed E-state index contributed by atoms with van der Waals surface area (Å²) in [6, 6.07) is 7.01. The van der Waals surface area contributed by atoms with E-state index in [1.165, 1.54) is 21.2 Å². The lowest BCUT2D eigenvalue weighted by Crippen LogP contribution is -2.41. The van der Waals surface area contributed by atoms with E-state index in [0.717, 1.165) is 20.7 Å². The Kier molecular flexibility index (Phi) is 5.44. The van der Waals surface area contributed by atoms with Crippen molar-refractivity contribution in [2.75, 3.05) is 11.5 Å². The van der Waals surface area contributed by atoms with Crippen molar-refractivity contribution in [1.29, 1.82) is 0 Å². The summed E-state index contributed by atoms with van der Waals surface area (Å²) in [7, 11) is 0.